The SMILES string of the molecule is CC(Cc1ccccc1)Oc1cc(C2NNNC2C#N)cc(C(F)(F)F)c1. The van der Waals surface area contributed by atoms with E-state index in [0.29, 0.717) is 12.0 Å². The number of hydrazine groups is 2. The fourth-order valence-electron chi connectivity index (χ4n) is 3.00. The Balaban J connectivity index is 1.85. The fraction of sp³-hybridized carbons (Fsp3) is 0.316. The molecule has 1 heterocycles. The lowest BCUT2D eigenvalue weighted by molar-refractivity contribution is -0.137. The first kappa shape index (κ1) is 19.2. The summed E-state index contributed by atoms with van der Waals surface area (Å²) in [5, 5.41) is 9.16. The summed E-state index contributed by atoms with van der Waals surface area (Å²) >= 11 is 0. The quantitative estimate of drug-likeness (QED) is 0.747. The van der Waals surface area contributed by atoms with Crippen LogP contribution in [-0.2, 0) is 12.6 Å². The van der Waals surface area contributed by atoms with Crippen molar-refractivity contribution < 1.29 is 17.9 Å². The van der Waals surface area contributed by atoms with Crippen molar-refractivity contribution >= 4 is 0 Å². The van der Waals surface area contributed by atoms with Crippen LogP contribution in [0.4, 0.5) is 13.2 Å². The highest BCUT2D eigenvalue weighted by atomic mass is 19.4. The zero-order valence-corrected chi connectivity index (χ0v) is 14.5. The molecule has 2 aromatic carbocycles. The van der Waals surface area contributed by atoms with E-state index in [1.165, 1.54) is 6.07 Å². The lowest BCUT2D eigenvalue weighted by Crippen LogP contribution is -2.32. The molecule has 0 aliphatic carbocycles. The maximum absolute atomic E-state index is 13.3. The Hall–Kier alpha value is -2.60. The largest absolute Gasteiger partial charge is 0.490 e. The van der Waals surface area contributed by atoms with E-state index >= 15 is 0 Å². The second kappa shape index (κ2) is 7.96. The van der Waals surface area contributed by atoms with Crippen molar-refractivity contribution in [3.8, 4) is 11.8 Å². The Morgan fingerprint density at radius 3 is 2.56 bits per heavy atom. The van der Waals surface area contributed by atoms with Crippen LogP contribution in [0.5, 0.6) is 5.75 Å². The van der Waals surface area contributed by atoms with Crippen LogP contribution >= 0.6 is 0 Å². The number of ether oxygens (including phenoxy) is 1. The Labute approximate surface area is 155 Å². The third-order valence-electron chi connectivity index (χ3n) is 4.25. The number of benzene rings is 2. The van der Waals surface area contributed by atoms with Gasteiger partial charge in [0.1, 0.15) is 11.8 Å². The summed E-state index contributed by atoms with van der Waals surface area (Å²) < 4.78 is 45.7. The van der Waals surface area contributed by atoms with Crippen LogP contribution in [0.25, 0.3) is 0 Å². The number of hydrogen-bond acceptors (Lipinski definition) is 5. The minimum absolute atomic E-state index is 0.119. The minimum Gasteiger partial charge on any atom is -0.490 e. The van der Waals surface area contributed by atoms with Crippen molar-refractivity contribution in [2.24, 2.45) is 0 Å². The molecule has 8 heteroatoms. The van der Waals surface area contributed by atoms with Gasteiger partial charge in [0.15, 0.2) is 0 Å². The number of nitrogens with zero attached hydrogens (tertiary/aromatic N) is 1. The second-order valence-corrected chi connectivity index (χ2v) is 6.40. The summed E-state index contributed by atoms with van der Waals surface area (Å²) in [6.07, 6.45) is -4.26. The van der Waals surface area contributed by atoms with Crippen molar-refractivity contribution in [1.29, 1.82) is 5.26 Å². The molecule has 3 unspecified atom stereocenters. The zero-order chi connectivity index (χ0) is 19.4. The van der Waals surface area contributed by atoms with E-state index in [2.05, 4.69) is 16.4 Å². The molecule has 3 atom stereocenters. The number of rotatable bonds is 5. The molecule has 1 fully saturated rings. The molecule has 1 aliphatic heterocycles. The minimum atomic E-state index is -4.52. The smallest absolute Gasteiger partial charge is 0.416 e. The van der Waals surface area contributed by atoms with E-state index in [0.717, 1.165) is 17.7 Å². The molecule has 27 heavy (non-hydrogen) atoms. The van der Waals surface area contributed by atoms with E-state index in [1.54, 1.807) is 0 Å². The Morgan fingerprint density at radius 2 is 1.89 bits per heavy atom. The number of nitriles is 1. The summed E-state index contributed by atoms with van der Waals surface area (Å²) in [6, 6.07) is 13.8. The topological polar surface area (TPSA) is 69.1 Å². The third-order valence-corrected chi connectivity index (χ3v) is 4.25. The highest BCUT2D eigenvalue weighted by Gasteiger charge is 2.34. The van der Waals surface area contributed by atoms with Crippen molar-refractivity contribution in [3.63, 3.8) is 0 Å². The number of halogens is 3. The van der Waals surface area contributed by atoms with E-state index in [-0.39, 0.29) is 11.9 Å². The van der Waals surface area contributed by atoms with Gasteiger partial charge in [0, 0.05) is 6.42 Å². The van der Waals surface area contributed by atoms with Crippen LogP contribution in [0.15, 0.2) is 48.5 Å². The van der Waals surface area contributed by atoms with E-state index in [1.807, 2.05) is 43.3 Å². The van der Waals surface area contributed by atoms with Crippen LogP contribution in [0.2, 0.25) is 0 Å². The molecule has 1 aliphatic rings. The van der Waals surface area contributed by atoms with Gasteiger partial charge in [-0.2, -0.15) is 24.0 Å². The molecule has 5 nitrogen and oxygen atoms in total. The summed E-state index contributed by atoms with van der Waals surface area (Å²) in [7, 11) is 0. The van der Waals surface area contributed by atoms with Crippen molar-refractivity contribution in [2.75, 3.05) is 0 Å². The van der Waals surface area contributed by atoms with Crippen LogP contribution in [0, 0.1) is 11.3 Å². The molecule has 1 saturated heterocycles. The Morgan fingerprint density at radius 1 is 1.15 bits per heavy atom. The molecule has 3 rings (SSSR count). The van der Waals surface area contributed by atoms with Gasteiger partial charge in [-0.15, -0.1) is 0 Å². The van der Waals surface area contributed by atoms with Gasteiger partial charge in [-0.3, -0.25) is 0 Å². The van der Waals surface area contributed by atoms with Crippen molar-refractivity contribution in [2.45, 2.75) is 37.7 Å². The molecule has 0 saturated carbocycles. The average molecular weight is 376 g/mol. The highest BCUT2D eigenvalue weighted by molar-refractivity contribution is 5.39. The Bertz CT molecular complexity index is 820. The number of hydrogen-bond donors (Lipinski definition) is 3. The lowest BCUT2D eigenvalue weighted by atomic mass is 9.99. The lowest BCUT2D eigenvalue weighted by Gasteiger charge is -2.20. The summed E-state index contributed by atoms with van der Waals surface area (Å²) in [5.74, 6) is 0.119. The molecule has 0 amide bonds. The van der Waals surface area contributed by atoms with Gasteiger partial charge in [-0.05, 0) is 36.2 Å². The maximum atomic E-state index is 13.3. The molecule has 0 spiro atoms. The molecule has 2 aromatic rings. The fourth-order valence-corrected chi connectivity index (χ4v) is 3.00. The maximum Gasteiger partial charge on any atom is 0.416 e. The van der Waals surface area contributed by atoms with Gasteiger partial charge < -0.3 is 4.74 Å². The molecule has 3 N–H and O–H groups in total. The van der Waals surface area contributed by atoms with Crippen molar-refractivity contribution in [1.82, 2.24) is 16.4 Å². The molecule has 0 aromatic heterocycles. The number of alkyl halides is 3. The predicted molar refractivity (Wildman–Crippen MR) is 93.2 cm³/mol. The molecular formula is C19H19F3N4O. The molecule has 142 valence electrons. The van der Waals surface area contributed by atoms with E-state index < -0.39 is 23.8 Å². The monoisotopic (exact) mass is 376 g/mol. The highest BCUT2D eigenvalue weighted by Crippen LogP contribution is 2.35. The summed E-state index contributed by atoms with van der Waals surface area (Å²) in [5.41, 5.74) is 8.54. The van der Waals surface area contributed by atoms with Gasteiger partial charge in [0.25, 0.3) is 0 Å². The standard InChI is InChI=1S/C19H19F3N4O/c1-12(7-13-5-3-2-4-6-13)27-16-9-14(8-15(10-16)19(20,21)22)18-17(11-23)24-26-25-18/h2-6,8-10,12,17-18,24-26H,7H2,1H3. The number of nitrogens with one attached hydrogen (secondary N) is 3. The molecule has 0 radical (unpaired) electrons. The van der Waals surface area contributed by atoms with Gasteiger partial charge in [0.2, 0.25) is 0 Å². The summed E-state index contributed by atoms with van der Waals surface area (Å²) in [4.78, 5) is 0. The second-order valence-electron chi connectivity index (χ2n) is 6.40. The zero-order valence-electron chi connectivity index (χ0n) is 14.5. The summed E-state index contributed by atoms with van der Waals surface area (Å²) in [6.45, 7) is 1.81. The van der Waals surface area contributed by atoms with Crippen LogP contribution in [-0.4, -0.2) is 12.1 Å². The normalized spacial score (nSPS) is 20.9. The Kier molecular flexibility index (Phi) is 5.65. The average Bonchev–Trinajstić information content (AvgIpc) is 3.10. The molecule has 0 bridgehead atoms. The first-order valence-electron chi connectivity index (χ1n) is 8.45. The van der Waals surface area contributed by atoms with E-state index in [9.17, 15) is 13.2 Å². The first-order chi connectivity index (χ1) is 12.9. The first-order valence-corrected chi connectivity index (χ1v) is 8.45. The van der Waals surface area contributed by atoms with Gasteiger partial charge in [0.05, 0.1) is 23.8 Å². The van der Waals surface area contributed by atoms with Gasteiger partial charge >= 0.3 is 6.18 Å². The van der Waals surface area contributed by atoms with Crippen LogP contribution in [0.1, 0.15) is 29.7 Å². The van der Waals surface area contributed by atoms with Crippen LogP contribution < -0.4 is 21.1 Å². The predicted octanol–water partition coefficient (Wildman–Crippen LogP) is 3.26. The van der Waals surface area contributed by atoms with E-state index in [4.69, 9.17) is 10.00 Å². The molecular weight excluding hydrogens is 357 g/mol. The van der Waals surface area contributed by atoms with Crippen molar-refractivity contribution in [3.05, 3.63) is 65.2 Å². The van der Waals surface area contributed by atoms with Gasteiger partial charge in [-0.25, -0.2) is 10.9 Å². The van der Waals surface area contributed by atoms with Crippen LogP contribution in [0.3, 0.4) is 0 Å². The van der Waals surface area contributed by atoms with Gasteiger partial charge in [-0.1, -0.05) is 30.3 Å². The third kappa shape index (κ3) is 4.77.